The van der Waals surface area contributed by atoms with Gasteiger partial charge in [0.05, 0.1) is 5.69 Å². The summed E-state index contributed by atoms with van der Waals surface area (Å²) in [5.41, 5.74) is 1.27. The zero-order valence-corrected chi connectivity index (χ0v) is 17.7. The summed E-state index contributed by atoms with van der Waals surface area (Å²) in [5, 5.41) is 3.46. The number of benzene rings is 3. The van der Waals surface area contributed by atoms with Crippen molar-refractivity contribution in [3.05, 3.63) is 88.6 Å². The van der Waals surface area contributed by atoms with Gasteiger partial charge in [0, 0.05) is 15.4 Å². The Morgan fingerprint density at radius 3 is 2.42 bits per heavy atom. The second kappa shape index (κ2) is 7.92. The number of ether oxygens (including phenoxy) is 2. The fourth-order valence-corrected chi connectivity index (χ4v) is 3.68. The minimum Gasteiger partial charge on any atom is -0.485 e. The molecule has 1 aromatic heterocycles. The minimum absolute atomic E-state index is 0.0639. The molecule has 0 fully saturated rings. The Hall–Kier alpha value is -3.58. The topological polar surface area (TPSA) is 77.8 Å². The molecule has 6 nitrogen and oxygen atoms in total. The van der Waals surface area contributed by atoms with Crippen molar-refractivity contribution in [3.8, 4) is 11.5 Å². The fourth-order valence-electron chi connectivity index (χ4n) is 3.41. The average molecular weight is 478 g/mol. The maximum atomic E-state index is 13.2. The van der Waals surface area contributed by atoms with Gasteiger partial charge in [0.15, 0.2) is 17.3 Å². The van der Waals surface area contributed by atoms with Gasteiger partial charge in [-0.3, -0.25) is 9.59 Å². The van der Waals surface area contributed by atoms with E-state index in [0.29, 0.717) is 33.7 Å². The summed E-state index contributed by atoms with van der Waals surface area (Å²) in [6, 6.07) is 21.3. The van der Waals surface area contributed by atoms with Crippen molar-refractivity contribution < 1.29 is 23.5 Å². The number of hydrogen-bond acceptors (Lipinski definition) is 5. The highest BCUT2D eigenvalue weighted by atomic mass is 79.9. The van der Waals surface area contributed by atoms with Gasteiger partial charge in [-0.15, -0.1) is 0 Å². The lowest BCUT2D eigenvalue weighted by Gasteiger charge is -2.25. The van der Waals surface area contributed by atoms with E-state index in [0.717, 1.165) is 4.47 Å². The number of amides is 1. The van der Waals surface area contributed by atoms with Crippen molar-refractivity contribution in [2.45, 2.75) is 6.10 Å². The highest BCUT2D eigenvalue weighted by Crippen LogP contribution is 2.34. The molecular weight excluding hydrogens is 462 g/mol. The van der Waals surface area contributed by atoms with Crippen molar-refractivity contribution in [1.82, 2.24) is 0 Å². The van der Waals surface area contributed by atoms with E-state index in [9.17, 15) is 9.59 Å². The van der Waals surface area contributed by atoms with Gasteiger partial charge in [-0.1, -0.05) is 40.2 Å². The van der Waals surface area contributed by atoms with Crippen molar-refractivity contribution in [2.24, 2.45) is 0 Å². The van der Waals surface area contributed by atoms with Crippen LogP contribution in [0.2, 0.25) is 0 Å². The monoisotopic (exact) mass is 477 g/mol. The number of carbonyl (C=O) groups is 2. The average Bonchev–Trinajstić information content (AvgIpc) is 3.17. The van der Waals surface area contributed by atoms with E-state index in [2.05, 4.69) is 21.2 Å². The number of hydrogen-bond donors (Lipinski definition) is 1. The van der Waals surface area contributed by atoms with Crippen LogP contribution in [0.15, 0.2) is 81.7 Å². The van der Waals surface area contributed by atoms with Gasteiger partial charge < -0.3 is 19.2 Å². The lowest BCUT2D eigenvalue weighted by atomic mass is 10.1. The molecule has 0 saturated carbocycles. The number of furan rings is 1. The number of anilines is 1. The Labute approximate surface area is 185 Å². The van der Waals surface area contributed by atoms with Crippen LogP contribution in [0.4, 0.5) is 5.69 Å². The summed E-state index contributed by atoms with van der Waals surface area (Å²) in [4.78, 5) is 26.2. The molecule has 0 unspecified atom stereocenters. The number of carbonyl (C=O) groups excluding carboxylic acids is 2. The Kier molecular flexibility index (Phi) is 4.95. The summed E-state index contributed by atoms with van der Waals surface area (Å²) < 4.78 is 18.1. The first kappa shape index (κ1) is 19.4. The van der Waals surface area contributed by atoms with Crippen LogP contribution in [-0.2, 0) is 4.79 Å². The number of ketones is 1. The van der Waals surface area contributed by atoms with Crippen molar-refractivity contribution >= 4 is 44.3 Å². The first-order valence-corrected chi connectivity index (χ1v) is 10.4. The Balaban J connectivity index is 1.48. The Bertz CT molecular complexity index is 1300. The van der Waals surface area contributed by atoms with E-state index in [1.807, 2.05) is 12.1 Å². The first-order valence-electron chi connectivity index (χ1n) is 9.61. The van der Waals surface area contributed by atoms with Gasteiger partial charge in [0.25, 0.3) is 5.91 Å². The molecule has 1 N–H and O–H groups in total. The van der Waals surface area contributed by atoms with E-state index in [1.54, 1.807) is 60.7 Å². The summed E-state index contributed by atoms with van der Waals surface area (Å²) in [7, 11) is 0. The second-order valence-electron chi connectivity index (χ2n) is 6.99. The molecule has 5 rings (SSSR count). The van der Waals surface area contributed by atoms with Crippen LogP contribution in [0, 0.1) is 0 Å². The molecule has 1 aliphatic heterocycles. The maximum absolute atomic E-state index is 13.2. The molecule has 0 saturated heterocycles. The number of nitrogens with one attached hydrogen (secondary N) is 1. The number of rotatable bonds is 4. The molecule has 31 heavy (non-hydrogen) atoms. The lowest BCUT2D eigenvalue weighted by molar-refractivity contribution is -0.125. The minimum atomic E-state index is -0.862. The molecule has 1 amide bonds. The van der Waals surface area contributed by atoms with E-state index >= 15 is 0 Å². The lowest BCUT2D eigenvalue weighted by Crippen LogP contribution is -2.40. The highest BCUT2D eigenvalue weighted by molar-refractivity contribution is 9.10. The SMILES string of the molecule is O=C(c1ccc(Br)cc1)c1oc2ccccc2c1NC(=O)[C@H]1COc2ccccc2O1. The first-order chi connectivity index (χ1) is 15.1. The number of fused-ring (bicyclic) bond motifs is 2. The summed E-state index contributed by atoms with van der Waals surface area (Å²) >= 11 is 3.36. The fraction of sp³-hybridized carbons (Fsp3) is 0.0833. The van der Waals surface area contributed by atoms with Crippen LogP contribution >= 0.6 is 15.9 Å². The van der Waals surface area contributed by atoms with E-state index in [1.165, 1.54) is 0 Å². The second-order valence-corrected chi connectivity index (χ2v) is 7.91. The molecule has 3 aromatic carbocycles. The van der Waals surface area contributed by atoms with Crippen molar-refractivity contribution in [2.75, 3.05) is 11.9 Å². The van der Waals surface area contributed by atoms with Crippen LogP contribution in [0.3, 0.4) is 0 Å². The Morgan fingerprint density at radius 2 is 1.61 bits per heavy atom. The van der Waals surface area contributed by atoms with Gasteiger partial charge in [-0.05, 0) is 48.5 Å². The van der Waals surface area contributed by atoms with Gasteiger partial charge in [0.1, 0.15) is 12.2 Å². The van der Waals surface area contributed by atoms with Crippen LogP contribution in [0.25, 0.3) is 11.0 Å². The molecule has 1 aliphatic rings. The number of halogens is 1. The summed E-state index contributed by atoms with van der Waals surface area (Å²) in [5.74, 6) is 0.397. The largest absolute Gasteiger partial charge is 0.485 e. The molecule has 4 aromatic rings. The third kappa shape index (κ3) is 3.68. The zero-order valence-electron chi connectivity index (χ0n) is 16.1. The number of para-hydroxylation sites is 3. The molecule has 0 bridgehead atoms. The van der Waals surface area contributed by atoms with Gasteiger partial charge >= 0.3 is 0 Å². The van der Waals surface area contributed by atoms with Crippen LogP contribution in [0.1, 0.15) is 16.1 Å². The zero-order chi connectivity index (χ0) is 21.4. The molecule has 0 radical (unpaired) electrons. The molecule has 0 aliphatic carbocycles. The molecule has 154 valence electrons. The Morgan fingerprint density at radius 1 is 0.903 bits per heavy atom. The normalized spacial score (nSPS) is 14.9. The van der Waals surface area contributed by atoms with E-state index in [4.69, 9.17) is 13.9 Å². The van der Waals surface area contributed by atoms with Crippen LogP contribution < -0.4 is 14.8 Å². The molecule has 7 heteroatoms. The third-order valence-corrected chi connectivity index (χ3v) is 5.49. The third-order valence-electron chi connectivity index (χ3n) is 4.96. The summed E-state index contributed by atoms with van der Waals surface area (Å²) in [6.45, 7) is 0.0641. The molecule has 2 heterocycles. The summed E-state index contributed by atoms with van der Waals surface area (Å²) in [6.07, 6.45) is -0.862. The van der Waals surface area contributed by atoms with Crippen molar-refractivity contribution in [3.63, 3.8) is 0 Å². The van der Waals surface area contributed by atoms with E-state index in [-0.39, 0.29) is 18.2 Å². The smallest absolute Gasteiger partial charge is 0.269 e. The van der Waals surface area contributed by atoms with E-state index < -0.39 is 12.0 Å². The van der Waals surface area contributed by atoms with Gasteiger partial charge in [-0.2, -0.15) is 0 Å². The molecule has 0 spiro atoms. The predicted molar refractivity (Wildman–Crippen MR) is 119 cm³/mol. The van der Waals surface area contributed by atoms with Crippen LogP contribution in [-0.4, -0.2) is 24.4 Å². The standard InChI is InChI=1S/C24H16BrNO5/c25-15-11-9-14(10-12-15)22(27)23-21(16-5-1-2-6-17(16)31-23)26-24(28)20-13-29-18-7-3-4-8-19(18)30-20/h1-12,20H,13H2,(H,26,28)/t20-/m1/s1. The van der Waals surface area contributed by atoms with Gasteiger partial charge in [-0.25, -0.2) is 0 Å². The molecular formula is C24H16BrNO5. The quantitative estimate of drug-likeness (QED) is 0.408. The highest BCUT2D eigenvalue weighted by Gasteiger charge is 2.30. The maximum Gasteiger partial charge on any atom is 0.269 e. The molecule has 1 atom stereocenters. The van der Waals surface area contributed by atoms with Crippen molar-refractivity contribution in [1.29, 1.82) is 0 Å². The predicted octanol–water partition coefficient (Wildman–Crippen LogP) is 5.20. The van der Waals surface area contributed by atoms with Gasteiger partial charge in [0.2, 0.25) is 11.9 Å². The van der Waals surface area contributed by atoms with Crippen LogP contribution in [0.5, 0.6) is 11.5 Å².